The third-order valence-electron chi connectivity index (χ3n) is 4.65. The molecular weight excluding hydrogens is 268 g/mol. The first-order valence-corrected chi connectivity index (χ1v) is 8.36. The Hall–Kier alpha value is -0.200. The summed E-state index contributed by atoms with van der Waals surface area (Å²) in [6.45, 7) is 8.22. The van der Waals surface area contributed by atoms with Crippen molar-refractivity contribution in [2.24, 2.45) is 5.92 Å². The molecule has 0 radical (unpaired) electrons. The summed E-state index contributed by atoms with van der Waals surface area (Å²) in [5.41, 5.74) is 0. The number of ether oxygens (including phenoxy) is 1. The standard InChI is InChI=1S/C16H32N2O3/c1-12-7-18(8-13(2)21-12)11-15(19)10-17(3)9-14-5-4-6-16(14)20/h12-16,19-20H,4-11H2,1-3H3. The van der Waals surface area contributed by atoms with E-state index in [9.17, 15) is 10.2 Å². The van der Waals surface area contributed by atoms with Gasteiger partial charge in [0.05, 0.1) is 24.4 Å². The molecule has 124 valence electrons. The van der Waals surface area contributed by atoms with Crippen molar-refractivity contribution < 1.29 is 14.9 Å². The smallest absolute Gasteiger partial charge is 0.0793 e. The van der Waals surface area contributed by atoms with Crippen molar-refractivity contribution in [1.29, 1.82) is 0 Å². The van der Waals surface area contributed by atoms with E-state index in [-0.39, 0.29) is 24.4 Å². The predicted molar refractivity (Wildman–Crippen MR) is 83.3 cm³/mol. The molecule has 2 fully saturated rings. The second kappa shape index (κ2) is 7.88. The zero-order chi connectivity index (χ0) is 15.4. The quantitative estimate of drug-likeness (QED) is 0.750. The van der Waals surface area contributed by atoms with Crippen LogP contribution in [-0.4, -0.2) is 84.2 Å². The van der Waals surface area contributed by atoms with Crippen LogP contribution in [-0.2, 0) is 4.74 Å². The van der Waals surface area contributed by atoms with Gasteiger partial charge >= 0.3 is 0 Å². The van der Waals surface area contributed by atoms with Crippen LogP contribution in [0.25, 0.3) is 0 Å². The highest BCUT2D eigenvalue weighted by atomic mass is 16.5. The molecule has 1 aliphatic heterocycles. The van der Waals surface area contributed by atoms with Gasteiger partial charge < -0.3 is 19.8 Å². The second-order valence-electron chi connectivity index (χ2n) is 7.11. The molecule has 1 saturated carbocycles. The van der Waals surface area contributed by atoms with Crippen molar-refractivity contribution in [3.63, 3.8) is 0 Å². The molecule has 2 aliphatic rings. The molecule has 0 aromatic carbocycles. The Bertz CT molecular complexity index is 306. The summed E-state index contributed by atoms with van der Waals surface area (Å²) in [5, 5.41) is 20.2. The number of rotatable bonds is 6. The van der Waals surface area contributed by atoms with Gasteiger partial charge in [-0.05, 0) is 39.7 Å². The van der Waals surface area contributed by atoms with E-state index >= 15 is 0 Å². The fourth-order valence-corrected chi connectivity index (χ4v) is 3.85. The SMILES string of the molecule is CC1CN(CC(O)CN(C)CC2CCCC2O)CC(C)O1. The van der Waals surface area contributed by atoms with Crippen molar-refractivity contribution in [3.05, 3.63) is 0 Å². The molecule has 5 heteroatoms. The molecule has 1 heterocycles. The second-order valence-corrected chi connectivity index (χ2v) is 7.11. The maximum absolute atomic E-state index is 10.3. The summed E-state index contributed by atoms with van der Waals surface area (Å²) < 4.78 is 5.72. The number of β-amino-alcohol motifs (C(OH)–C–C–N with tert-alkyl or cyclic N) is 1. The van der Waals surface area contributed by atoms with E-state index in [0.29, 0.717) is 19.0 Å². The molecule has 0 aromatic rings. The molecule has 2 N–H and O–H groups in total. The van der Waals surface area contributed by atoms with Crippen LogP contribution in [0.2, 0.25) is 0 Å². The first kappa shape index (κ1) is 17.2. The number of aliphatic hydroxyl groups excluding tert-OH is 2. The molecule has 2 rings (SSSR count). The number of nitrogens with zero attached hydrogens (tertiary/aromatic N) is 2. The number of hydrogen-bond donors (Lipinski definition) is 2. The van der Waals surface area contributed by atoms with Gasteiger partial charge in [0.15, 0.2) is 0 Å². The molecule has 0 amide bonds. The van der Waals surface area contributed by atoms with Crippen LogP contribution in [0.1, 0.15) is 33.1 Å². The van der Waals surface area contributed by atoms with Crippen LogP contribution in [0.4, 0.5) is 0 Å². The molecule has 1 aliphatic carbocycles. The summed E-state index contributed by atoms with van der Waals surface area (Å²) in [4.78, 5) is 4.46. The third-order valence-corrected chi connectivity index (χ3v) is 4.65. The fourth-order valence-electron chi connectivity index (χ4n) is 3.85. The zero-order valence-electron chi connectivity index (χ0n) is 13.7. The number of aliphatic hydroxyl groups is 2. The zero-order valence-corrected chi connectivity index (χ0v) is 13.7. The van der Waals surface area contributed by atoms with Crippen LogP contribution in [0.5, 0.6) is 0 Å². The van der Waals surface area contributed by atoms with Crippen molar-refractivity contribution in [1.82, 2.24) is 9.80 Å². The molecule has 0 aromatic heterocycles. The molecule has 5 nitrogen and oxygen atoms in total. The lowest BCUT2D eigenvalue weighted by Crippen LogP contribution is -2.49. The normalized spacial score (nSPS) is 36.3. The Kier molecular flexibility index (Phi) is 6.44. The average Bonchev–Trinajstić information content (AvgIpc) is 2.73. The van der Waals surface area contributed by atoms with E-state index in [1.54, 1.807) is 0 Å². The van der Waals surface area contributed by atoms with E-state index in [1.165, 1.54) is 0 Å². The predicted octanol–water partition coefficient (Wildman–Crippen LogP) is 0.549. The Balaban J connectivity index is 1.69. The Morgan fingerprint density at radius 3 is 2.48 bits per heavy atom. The monoisotopic (exact) mass is 300 g/mol. The molecule has 5 atom stereocenters. The van der Waals surface area contributed by atoms with Crippen LogP contribution >= 0.6 is 0 Å². The summed E-state index contributed by atoms with van der Waals surface area (Å²) in [5.74, 6) is 0.380. The van der Waals surface area contributed by atoms with Crippen LogP contribution in [0.15, 0.2) is 0 Å². The maximum atomic E-state index is 10.3. The highest BCUT2D eigenvalue weighted by Gasteiger charge is 2.27. The van der Waals surface area contributed by atoms with E-state index < -0.39 is 0 Å². The van der Waals surface area contributed by atoms with Gasteiger partial charge in [-0.15, -0.1) is 0 Å². The molecule has 21 heavy (non-hydrogen) atoms. The first-order valence-electron chi connectivity index (χ1n) is 8.36. The summed E-state index contributed by atoms with van der Waals surface area (Å²) >= 11 is 0. The van der Waals surface area contributed by atoms with Gasteiger partial charge in [-0.3, -0.25) is 4.90 Å². The summed E-state index contributed by atoms with van der Waals surface area (Å²) in [6, 6.07) is 0. The third kappa shape index (κ3) is 5.49. The van der Waals surface area contributed by atoms with Crippen molar-refractivity contribution in [2.45, 2.75) is 57.5 Å². The minimum absolute atomic E-state index is 0.148. The molecule has 5 unspecified atom stereocenters. The Labute approximate surface area is 128 Å². The Morgan fingerprint density at radius 2 is 1.90 bits per heavy atom. The highest BCUT2D eigenvalue weighted by molar-refractivity contribution is 4.80. The lowest BCUT2D eigenvalue weighted by molar-refractivity contribution is -0.0779. The van der Waals surface area contributed by atoms with Gasteiger partial charge in [0, 0.05) is 32.7 Å². The molecule has 0 bridgehead atoms. The van der Waals surface area contributed by atoms with E-state index in [2.05, 4.69) is 23.6 Å². The van der Waals surface area contributed by atoms with Crippen molar-refractivity contribution >= 4 is 0 Å². The number of hydrogen-bond acceptors (Lipinski definition) is 5. The fraction of sp³-hybridized carbons (Fsp3) is 1.00. The highest BCUT2D eigenvalue weighted by Crippen LogP contribution is 2.26. The molecular formula is C16H32N2O3. The van der Waals surface area contributed by atoms with Crippen LogP contribution < -0.4 is 0 Å². The lowest BCUT2D eigenvalue weighted by atomic mass is 10.1. The van der Waals surface area contributed by atoms with E-state index in [0.717, 1.165) is 38.9 Å². The lowest BCUT2D eigenvalue weighted by Gasteiger charge is -2.37. The minimum atomic E-state index is -0.342. The van der Waals surface area contributed by atoms with E-state index in [1.807, 2.05) is 7.05 Å². The summed E-state index contributed by atoms with van der Waals surface area (Å²) in [7, 11) is 2.04. The largest absolute Gasteiger partial charge is 0.393 e. The maximum Gasteiger partial charge on any atom is 0.0793 e. The summed E-state index contributed by atoms with van der Waals surface area (Å²) in [6.07, 6.45) is 3.17. The van der Waals surface area contributed by atoms with E-state index in [4.69, 9.17) is 4.74 Å². The van der Waals surface area contributed by atoms with Crippen LogP contribution in [0.3, 0.4) is 0 Å². The molecule has 1 saturated heterocycles. The van der Waals surface area contributed by atoms with Gasteiger partial charge in [-0.25, -0.2) is 0 Å². The average molecular weight is 300 g/mol. The van der Waals surface area contributed by atoms with Gasteiger partial charge in [-0.1, -0.05) is 6.42 Å². The number of morpholine rings is 1. The van der Waals surface area contributed by atoms with Gasteiger partial charge in [0.1, 0.15) is 0 Å². The first-order chi connectivity index (χ1) is 9.94. The van der Waals surface area contributed by atoms with Crippen molar-refractivity contribution in [2.75, 3.05) is 39.8 Å². The number of likely N-dealkylation sites (N-methyl/N-ethyl adjacent to an activating group) is 1. The minimum Gasteiger partial charge on any atom is -0.393 e. The van der Waals surface area contributed by atoms with Gasteiger partial charge in [0.2, 0.25) is 0 Å². The molecule has 0 spiro atoms. The topological polar surface area (TPSA) is 56.2 Å². The Morgan fingerprint density at radius 1 is 1.24 bits per heavy atom. The van der Waals surface area contributed by atoms with Gasteiger partial charge in [-0.2, -0.15) is 0 Å². The van der Waals surface area contributed by atoms with Crippen molar-refractivity contribution in [3.8, 4) is 0 Å². The van der Waals surface area contributed by atoms with Gasteiger partial charge in [0.25, 0.3) is 0 Å². The van der Waals surface area contributed by atoms with Crippen LogP contribution in [0, 0.1) is 5.92 Å².